The fraction of sp³-hybridized carbons (Fsp3) is 0.483. The summed E-state index contributed by atoms with van der Waals surface area (Å²) in [6, 6.07) is 18.7. The molecule has 1 amide bonds. The first-order valence-electron chi connectivity index (χ1n) is 12.9. The van der Waals surface area contributed by atoms with E-state index < -0.39 is 0 Å². The summed E-state index contributed by atoms with van der Waals surface area (Å²) < 4.78 is 0. The molecular weight excluding hydrogens is 440 g/mol. The zero-order valence-electron chi connectivity index (χ0n) is 20.3. The van der Waals surface area contributed by atoms with E-state index in [0.29, 0.717) is 30.1 Å². The van der Waals surface area contributed by atoms with Crippen molar-refractivity contribution in [3.8, 4) is 0 Å². The molecule has 6 heteroatoms. The van der Waals surface area contributed by atoms with Gasteiger partial charge >= 0.3 is 0 Å². The maximum Gasteiger partial charge on any atom is 0.234 e. The van der Waals surface area contributed by atoms with E-state index >= 15 is 0 Å². The van der Waals surface area contributed by atoms with E-state index in [1.165, 1.54) is 6.42 Å². The second-order valence-corrected chi connectivity index (χ2v) is 9.92. The van der Waals surface area contributed by atoms with Gasteiger partial charge in [0.1, 0.15) is 0 Å². The molecule has 6 nitrogen and oxygen atoms in total. The summed E-state index contributed by atoms with van der Waals surface area (Å²) in [5, 5.41) is 11.8. The summed E-state index contributed by atoms with van der Waals surface area (Å²) in [7, 11) is 0. The predicted octanol–water partition coefficient (Wildman–Crippen LogP) is 3.61. The summed E-state index contributed by atoms with van der Waals surface area (Å²) in [5.74, 6) is -0.501. The van der Waals surface area contributed by atoms with Crippen LogP contribution in [0.3, 0.4) is 0 Å². The number of aliphatic hydroxyl groups is 1. The zero-order chi connectivity index (χ0) is 24.6. The molecule has 0 unspecified atom stereocenters. The number of nitrogens with zero attached hydrogens (tertiary/aromatic N) is 1. The van der Waals surface area contributed by atoms with Crippen molar-refractivity contribution >= 4 is 17.5 Å². The van der Waals surface area contributed by atoms with E-state index in [1.807, 2.05) is 65.6 Å². The van der Waals surface area contributed by atoms with E-state index in [2.05, 4.69) is 5.32 Å². The van der Waals surface area contributed by atoms with E-state index in [0.717, 1.165) is 25.7 Å². The standard InChI is InChI=1S/C29H36N2O4/c32-17-16-30-26(33)20-31-18-24(28(34)22-12-6-2-7-13-22)27(21-10-4-1-5-11-21)25(19-31)29(35)23-14-8-3-9-15-23/h2-3,6-9,12-15,21,24-25,27,32H,1,4-5,10-11,16-20H2,(H,30,33)/t24-,25-/m0/s1. The van der Waals surface area contributed by atoms with Gasteiger partial charge < -0.3 is 10.4 Å². The van der Waals surface area contributed by atoms with Crippen molar-refractivity contribution < 1.29 is 19.5 Å². The van der Waals surface area contributed by atoms with Crippen LogP contribution >= 0.6 is 0 Å². The minimum atomic E-state index is -0.349. The second-order valence-electron chi connectivity index (χ2n) is 9.92. The topological polar surface area (TPSA) is 86.7 Å². The van der Waals surface area contributed by atoms with Crippen LogP contribution in [0.1, 0.15) is 52.8 Å². The predicted molar refractivity (Wildman–Crippen MR) is 135 cm³/mol. The van der Waals surface area contributed by atoms with Gasteiger partial charge in [0.05, 0.1) is 13.2 Å². The van der Waals surface area contributed by atoms with Gasteiger partial charge in [0, 0.05) is 42.6 Å². The normalized spacial score (nSPS) is 22.0. The number of benzene rings is 2. The Kier molecular flexibility index (Phi) is 8.83. The maximum absolute atomic E-state index is 13.9. The van der Waals surface area contributed by atoms with Gasteiger partial charge in [0.15, 0.2) is 11.6 Å². The molecule has 0 aromatic heterocycles. The Morgan fingerprint density at radius 3 is 1.80 bits per heavy atom. The van der Waals surface area contributed by atoms with Gasteiger partial charge in [-0.05, 0) is 11.8 Å². The Bertz CT molecular complexity index is 927. The number of ketones is 2. The maximum atomic E-state index is 13.9. The summed E-state index contributed by atoms with van der Waals surface area (Å²) in [6.45, 7) is 1.09. The van der Waals surface area contributed by atoms with Crippen LogP contribution in [0.5, 0.6) is 0 Å². The van der Waals surface area contributed by atoms with Gasteiger partial charge in [-0.3, -0.25) is 19.3 Å². The van der Waals surface area contributed by atoms with Gasteiger partial charge in [-0.15, -0.1) is 0 Å². The molecule has 2 aliphatic rings. The third-order valence-corrected chi connectivity index (χ3v) is 7.62. The number of amides is 1. The highest BCUT2D eigenvalue weighted by molar-refractivity contribution is 6.01. The third kappa shape index (κ3) is 6.24. The molecule has 1 heterocycles. The van der Waals surface area contributed by atoms with Crippen LogP contribution in [0, 0.1) is 23.7 Å². The Morgan fingerprint density at radius 1 is 0.800 bits per heavy atom. The molecule has 1 saturated carbocycles. The molecule has 1 aliphatic carbocycles. The first-order chi connectivity index (χ1) is 17.1. The first-order valence-corrected chi connectivity index (χ1v) is 12.9. The monoisotopic (exact) mass is 476 g/mol. The molecule has 2 atom stereocenters. The minimum Gasteiger partial charge on any atom is -0.395 e. The summed E-state index contributed by atoms with van der Waals surface area (Å²) in [6.07, 6.45) is 5.55. The van der Waals surface area contributed by atoms with Gasteiger partial charge in [-0.25, -0.2) is 0 Å². The fourth-order valence-corrected chi connectivity index (χ4v) is 6.06. The van der Waals surface area contributed by atoms with Crippen molar-refractivity contribution in [3.63, 3.8) is 0 Å². The number of carbonyl (C=O) groups is 3. The van der Waals surface area contributed by atoms with Crippen molar-refractivity contribution in [3.05, 3.63) is 71.8 Å². The largest absolute Gasteiger partial charge is 0.395 e. The summed E-state index contributed by atoms with van der Waals surface area (Å²) in [5.41, 5.74) is 1.33. The Hall–Kier alpha value is -2.83. The van der Waals surface area contributed by atoms with E-state index in [1.54, 1.807) is 0 Å². The zero-order valence-corrected chi connectivity index (χ0v) is 20.3. The van der Waals surface area contributed by atoms with Crippen molar-refractivity contribution in [2.75, 3.05) is 32.8 Å². The Balaban J connectivity index is 1.69. The van der Waals surface area contributed by atoms with Gasteiger partial charge in [-0.1, -0.05) is 92.8 Å². The first kappa shape index (κ1) is 25.3. The number of hydrogen-bond donors (Lipinski definition) is 2. The highest BCUT2D eigenvalue weighted by atomic mass is 16.3. The average Bonchev–Trinajstić information content (AvgIpc) is 2.92. The second kappa shape index (κ2) is 12.2. The van der Waals surface area contributed by atoms with E-state index in [-0.39, 0.29) is 54.9 Å². The van der Waals surface area contributed by atoms with E-state index in [9.17, 15) is 14.4 Å². The highest BCUT2D eigenvalue weighted by Gasteiger charge is 2.47. The lowest BCUT2D eigenvalue weighted by Gasteiger charge is -2.46. The summed E-state index contributed by atoms with van der Waals surface area (Å²) in [4.78, 5) is 42.3. The van der Waals surface area contributed by atoms with Gasteiger partial charge in [0.2, 0.25) is 5.91 Å². The molecule has 0 bridgehead atoms. The molecule has 4 rings (SSSR count). The van der Waals surface area contributed by atoms with Crippen LogP contribution in [0.4, 0.5) is 0 Å². The van der Waals surface area contributed by atoms with Crippen molar-refractivity contribution in [2.45, 2.75) is 32.1 Å². The molecule has 1 aliphatic heterocycles. The minimum absolute atomic E-state index is 0.0486. The Labute approximate surface area is 207 Å². The average molecular weight is 477 g/mol. The molecule has 2 aromatic carbocycles. The molecule has 2 fully saturated rings. The van der Waals surface area contributed by atoms with Crippen LogP contribution in [0.25, 0.3) is 0 Å². The van der Waals surface area contributed by atoms with Crippen LogP contribution in [0.2, 0.25) is 0 Å². The molecular formula is C29H36N2O4. The van der Waals surface area contributed by atoms with Gasteiger partial charge in [-0.2, -0.15) is 0 Å². The number of hydrogen-bond acceptors (Lipinski definition) is 5. The number of aliphatic hydroxyl groups excluding tert-OH is 1. The number of carbonyl (C=O) groups excluding carboxylic acids is 3. The third-order valence-electron chi connectivity index (χ3n) is 7.62. The number of Topliss-reactive ketones (excluding diaryl/α,β-unsaturated/α-hetero) is 2. The molecule has 2 aromatic rings. The van der Waals surface area contributed by atoms with Crippen molar-refractivity contribution in [2.24, 2.45) is 23.7 Å². The number of rotatable bonds is 9. The number of piperidine rings is 1. The van der Waals surface area contributed by atoms with Crippen LogP contribution in [-0.2, 0) is 4.79 Å². The van der Waals surface area contributed by atoms with Crippen LogP contribution in [0.15, 0.2) is 60.7 Å². The summed E-state index contributed by atoms with van der Waals surface area (Å²) >= 11 is 0. The molecule has 0 spiro atoms. The molecule has 0 radical (unpaired) electrons. The van der Waals surface area contributed by atoms with Gasteiger partial charge in [0.25, 0.3) is 0 Å². The highest BCUT2D eigenvalue weighted by Crippen LogP contribution is 2.43. The lowest BCUT2D eigenvalue weighted by molar-refractivity contribution is -0.123. The smallest absolute Gasteiger partial charge is 0.234 e. The molecule has 1 saturated heterocycles. The number of likely N-dealkylation sites (tertiary alicyclic amines) is 1. The fourth-order valence-electron chi connectivity index (χ4n) is 6.06. The van der Waals surface area contributed by atoms with Crippen molar-refractivity contribution in [1.29, 1.82) is 0 Å². The van der Waals surface area contributed by atoms with E-state index in [4.69, 9.17) is 5.11 Å². The molecule has 35 heavy (non-hydrogen) atoms. The van der Waals surface area contributed by atoms with Crippen molar-refractivity contribution in [1.82, 2.24) is 10.2 Å². The lowest BCUT2D eigenvalue weighted by Crippen LogP contribution is -2.55. The van der Waals surface area contributed by atoms with Crippen LogP contribution < -0.4 is 5.32 Å². The SMILES string of the molecule is O=C(CN1C[C@H](C(=O)c2ccccc2)C(C2CCCCC2)[C@@H](C(=O)c2ccccc2)C1)NCCO. The Morgan fingerprint density at radius 2 is 1.31 bits per heavy atom. The molecule has 2 N–H and O–H groups in total. The quantitative estimate of drug-likeness (QED) is 0.540. The lowest BCUT2D eigenvalue weighted by atomic mass is 9.63. The molecule has 186 valence electrons. The van der Waals surface area contributed by atoms with Crippen LogP contribution in [-0.4, -0.2) is 60.3 Å². The number of nitrogens with one attached hydrogen (secondary N) is 1.